The van der Waals surface area contributed by atoms with E-state index in [1.807, 2.05) is 0 Å². The number of nitrogens with one attached hydrogen (secondary N) is 2. The summed E-state index contributed by atoms with van der Waals surface area (Å²) in [6, 6.07) is 12.1. The van der Waals surface area contributed by atoms with E-state index in [-0.39, 0.29) is 64.7 Å². The maximum atomic E-state index is 13.9. The van der Waals surface area contributed by atoms with Gasteiger partial charge in [0.1, 0.15) is 37.3 Å². The summed E-state index contributed by atoms with van der Waals surface area (Å²) in [4.78, 5) is 28.8. The van der Waals surface area contributed by atoms with Crippen molar-refractivity contribution in [1.29, 1.82) is 0 Å². The van der Waals surface area contributed by atoms with Crippen LogP contribution in [0.4, 0.5) is 5.69 Å². The molecule has 4 rings (SSSR count). The number of rotatable bonds is 11. The van der Waals surface area contributed by atoms with Crippen LogP contribution in [0.1, 0.15) is 57.8 Å². The third-order valence-electron chi connectivity index (χ3n) is 7.27. The number of anilines is 1. The van der Waals surface area contributed by atoms with Gasteiger partial charge < -0.3 is 28.5 Å². The van der Waals surface area contributed by atoms with Gasteiger partial charge >= 0.3 is 5.97 Å². The molecular formula is C33H38N3O10S2-. The second-order valence-corrected chi connectivity index (χ2v) is 14.7. The first kappa shape index (κ1) is 36.5. The molecule has 2 aromatic rings. The van der Waals surface area contributed by atoms with Crippen LogP contribution in [0.3, 0.4) is 0 Å². The van der Waals surface area contributed by atoms with Gasteiger partial charge in [-0.25, -0.2) is 21.8 Å². The highest BCUT2D eigenvalue weighted by atomic mass is 32.2. The summed E-state index contributed by atoms with van der Waals surface area (Å²) in [6.45, 7) is 9.30. The van der Waals surface area contributed by atoms with E-state index >= 15 is 0 Å². The molecule has 1 heterocycles. The maximum Gasteiger partial charge on any atom is 0.306 e. The van der Waals surface area contributed by atoms with Gasteiger partial charge in [-0.1, -0.05) is 18.2 Å². The average Bonchev–Trinajstić information content (AvgIpc) is 2.97. The number of ether oxygens (including phenoxy) is 1. The number of amides is 1. The van der Waals surface area contributed by atoms with Gasteiger partial charge in [0.2, 0.25) is 5.36 Å². The molecule has 48 heavy (non-hydrogen) atoms. The molecule has 0 atom stereocenters. The van der Waals surface area contributed by atoms with Crippen LogP contribution in [0.5, 0.6) is 0 Å². The summed E-state index contributed by atoms with van der Waals surface area (Å²) < 4.78 is 87.7. The van der Waals surface area contributed by atoms with Gasteiger partial charge in [-0.2, -0.15) is 0 Å². The largest absolute Gasteiger partial charge is 0.744 e. The van der Waals surface area contributed by atoms with E-state index < -0.39 is 58.8 Å². The summed E-state index contributed by atoms with van der Waals surface area (Å²) in [5.41, 5.74) is -0.577. The minimum Gasteiger partial charge on any atom is -0.744 e. The SMILES string of the molecule is CCNc1ccc2c(-c3ccccc3C(=O)N(C)CCCC(=O)OC(C)(C)C)c3ccc(=[NH+]CC)c(S(=O)(=O)[O-])c-3oc2c1S(=O)(=O)[O-]. The Balaban J connectivity index is 2.03. The third-order valence-corrected chi connectivity index (χ3v) is 9.08. The summed E-state index contributed by atoms with van der Waals surface area (Å²) in [5, 5.41) is 2.81. The highest BCUT2D eigenvalue weighted by Crippen LogP contribution is 2.46. The van der Waals surface area contributed by atoms with Crippen LogP contribution in [0.15, 0.2) is 62.7 Å². The quantitative estimate of drug-likeness (QED) is 0.132. The Morgan fingerprint density at radius 3 is 2.21 bits per heavy atom. The Hall–Kier alpha value is -4.31. The summed E-state index contributed by atoms with van der Waals surface area (Å²) in [5.74, 6) is -1.35. The number of fused-ring (bicyclic) bond motifs is 2. The van der Waals surface area contributed by atoms with Gasteiger partial charge in [-0.15, -0.1) is 0 Å². The van der Waals surface area contributed by atoms with Crippen molar-refractivity contribution in [2.45, 2.75) is 62.9 Å². The maximum absolute atomic E-state index is 13.9. The van der Waals surface area contributed by atoms with E-state index in [0.717, 1.165) is 0 Å². The van der Waals surface area contributed by atoms with Crippen LogP contribution < -0.4 is 15.7 Å². The van der Waals surface area contributed by atoms with E-state index in [4.69, 9.17) is 9.15 Å². The van der Waals surface area contributed by atoms with Gasteiger partial charge in [-0.05, 0) is 70.9 Å². The fourth-order valence-electron chi connectivity index (χ4n) is 5.46. The average molecular weight is 701 g/mol. The molecule has 2 N–H and O–H groups in total. The van der Waals surface area contributed by atoms with Crippen molar-refractivity contribution in [3.63, 3.8) is 0 Å². The monoisotopic (exact) mass is 700 g/mol. The van der Waals surface area contributed by atoms with Crippen molar-refractivity contribution in [3.05, 3.63) is 59.5 Å². The van der Waals surface area contributed by atoms with Gasteiger partial charge in [0.15, 0.2) is 16.2 Å². The zero-order valence-corrected chi connectivity index (χ0v) is 29.1. The molecule has 0 saturated heterocycles. The van der Waals surface area contributed by atoms with Gasteiger partial charge in [-0.3, -0.25) is 9.59 Å². The Kier molecular flexibility index (Phi) is 10.7. The predicted molar refractivity (Wildman–Crippen MR) is 175 cm³/mol. The molecule has 258 valence electrons. The summed E-state index contributed by atoms with van der Waals surface area (Å²) in [6.07, 6.45) is 0.387. The zero-order chi connectivity index (χ0) is 35.6. The van der Waals surface area contributed by atoms with E-state index in [1.54, 1.807) is 65.9 Å². The van der Waals surface area contributed by atoms with Crippen molar-refractivity contribution in [2.75, 3.05) is 32.0 Å². The van der Waals surface area contributed by atoms with E-state index in [0.29, 0.717) is 6.42 Å². The van der Waals surface area contributed by atoms with Crippen LogP contribution in [-0.4, -0.2) is 75.0 Å². The van der Waals surface area contributed by atoms with Crippen LogP contribution in [0.2, 0.25) is 0 Å². The Labute approximate surface area is 279 Å². The zero-order valence-electron chi connectivity index (χ0n) is 27.5. The van der Waals surface area contributed by atoms with E-state index in [2.05, 4.69) is 10.3 Å². The summed E-state index contributed by atoms with van der Waals surface area (Å²) in [7, 11) is -8.94. The molecule has 0 radical (unpaired) electrons. The van der Waals surface area contributed by atoms with Crippen molar-refractivity contribution < 1.29 is 49.7 Å². The standard InChI is InChI=1S/C33H39N3O10S2/c1-7-34-24-17-15-22-27(20-12-9-10-13-21(20)32(38)36(6)19-11-14-26(37)46-33(3,4)5)23-16-18-25(35-8-2)31(48(42,43)44)29(23)45-28(22)30(24)47(39,40)41/h9-10,12-13,15-18,34H,7-8,11,14,19H2,1-6H3,(H,39,40,41)(H,42,43,44)/p-1. The van der Waals surface area contributed by atoms with Crippen LogP contribution in [-0.2, 0) is 29.8 Å². The number of esters is 1. The number of hydrogen-bond donors (Lipinski definition) is 2. The fraction of sp³-hybridized carbons (Fsp3) is 0.364. The second-order valence-electron chi connectivity index (χ2n) is 12.0. The van der Waals surface area contributed by atoms with Gasteiger partial charge in [0.25, 0.3) is 5.91 Å². The van der Waals surface area contributed by atoms with E-state index in [1.165, 1.54) is 29.2 Å². The number of carbonyl (C=O) groups excluding carboxylic acids is 2. The number of hydrogen-bond acceptors (Lipinski definition) is 11. The van der Waals surface area contributed by atoms with Gasteiger partial charge in [0.05, 0.1) is 5.69 Å². The lowest BCUT2D eigenvalue weighted by molar-refractivity contribution is -0.498. The molecule has 0 saturated carbocycles. The van der Waals surface area contributed by atoms with Crippen molar-refractivity contribution in [2.24, 2.45) is 0 Å². The normalized spacial score (nSPS) is 12.8. The first-order valence-electron chi connectivity index (χ1n) is 15.2. The first-order valence-corrected chi connectivity index (χ1v) is 18.1. The molecule has 0 fully saturated rings. The molecule has 0 bridgehead atoms. The highest BCUT2D eigenvalue weighted by Gasteiger charge is 2.30. The van der Waals surface area contributed by atoms with Crippen molar-refractivity contribution >= 4 is 48.8 Å². The lowest BCUT2D eigenvalue weighted by Crippen LogP contribution is -2.76. The highest BCUT2D eigenvalue weighted by molar-refractivity contribution is 7.86. The molecule has 0 spiro atoms. The molecular weight excluding hydrogens is 663 g/mol. The van der Waals surface area contributed by atoms with Crippen molar-refractivity contribution in [1.82, 2.24) is 4.90 Å². The lowest BCUT2D eigenvalue weighted by Gasteiger charge is -2.24. The van der Waals surface area contributed by atoms with E-state index in [9.17, 15) is 35.5 Å². The van der Waals surface area contributed by atoms with Crippen LogP contribution >= 0.6 is 0 Å². The molecule has 0 unspecified atom stereocenters. The lowest BCUT2D eigenvalue weighted by atomic mass is 9.90. The topological polar surface area (TPSA) is 200 Å². The molecule has 2 aliphatic rings. The number of benzene rings is 3. The minimum atomic E-state index is -5.25. The molecule has 1 aliphatic heterocycles. The Morgan fingerprint density at radius 2 is 1.60 bits per heavy atom. The van der Waals surface area contributed by atoms with Crippen LogP contribution in [0.25, 0.3) is 33.4 Å². The molecule has 2 aromatic carbocycles. The smallest absolute Gasteiger partial charge is 0.306 e. The molecule has 13 nitrogen and oxygen atoms in total. The summed E-state index contributed by atoms with van der Waals surface area (Å²) >= 11 is 0. The van der Waals surface area contributed by atoms with Crippen molar-refractivity contribution in [3.8, 4) is 22.5 Å². The molecule has 0 aromatic heterocycles. The Morgan fingerprint density at radius 1 is 0.938 bits per heavy atom. The Bertz CT molecular complexity index is 2130. The fourth-order valence-corrected chi connectivity index (χ4v) is 7.04. The molecule has 1 amide bonds. The second kappa shape index (κ2) is 14.0. The molecule has 15 heteroatoms. The number of carbonyl (C=O) groups is 2. The minimum absolute atomic E-state index is 0.0765. The first-order chi connectivity index (χ1) is 22.4. The molecule has 1 aliphatic carbocycles. The van der Waals surface area contributed by atoms with Crippen LogP contribution in [0, 0.1) is 0 Å². The van der Waals surface area contributed by atoms with Gasteiger partial charge in [0, 0.05) is 54.7 Å². The third kappa shape index (κ3) is 7.86. The predicted octanol–water partition coefficient (Wildman–Crippen LogP) is 2.64. The number of nitrogens with zero attached hydrogens (tertiary/aromatic N) is 1.